The summed E-state index contributed by atoms with van der Waals surface area (Å²) in [6, 6.07) is 0. The second-order valence-electron chi connectivity index (χ2n) is 4.53. The summed E-state index contributed by atoms with van der Waals surface area (Å²) >= 11 is 1.88. The lowest BCUT2D eigenvalue weighted by molar-refractivity contribution is 0.563. The van der Waals surface area contributed by atoms with Crippen LogP contribution in [0.1, 0.15) is 78.1 Å². The predicted octanol–water partition coefficient (Wildman–Crippen LogP) is 5.17. The van der Waals surface area contributed by atoms with Gasteiger partial charge in [-0.15, -0.1) is 0 Å². The molecule has 0 saturated carbocycles. The van der Waals surface area contributed by atoms with Crippen LogP contribution in [0.3, 0.4) is 0 Å². The van der Waals surface area contributed by atoms with Gasteiger partial charge in [0, 0.05) is 12.3 Å². The molecule has 16 heavy (non-hydrogen) atoms. The Morgan fingerprint density at radius 2 is 1.19 bits per heavy atom. The van der Waals surface area contributed by atoms with E-state index in [2.05, 4.69) is 18.6 Å². The maximum atomic E-state index is 3.30. The van der Waals surface area contributed by atoms with E-state index in [-0.39, 0.29) is 0 Å². The topological polar surface area (TPSA) is 12.0 Å². The fourth-order valence-corrected chi connectivity index (χ4v) is 2.53. The van der Waals surface area contributed by atoms with E-state index in [1.165, 1.54) is 70.0 Å². The molecule has 0 aromatic carbocycles. The van der Waals surface area contributed by atoms with E-state index >= 15 is 0 Å². The third kappa shape index (κ3) is 14.3. The predicted molar refractivity (Wildman–Crippen MR) is 78.0 cm³/mol. The van der Waals surface area contributed by atoms with Gasteiger partial charge in [0.1, 0.15) is 0 Å². The molecule has 0 aromatic rings. The van der Waals surface area contributed by atoms with Crippen LogP contribution in [0.25, 0.3) is 0 Å². The quantitative estimate of drug-likeness (QED) is 0.355. The Hall–Kier alpha value is 0.310. The number of rotatable bonds is 13. The Bertz CT molecular complexity index is 103. The molecule has 0 atom stereocenters. The van der Waals surface area contributed by atoms with Crippen LogP contribution in [-0.4, -0.2) is 12.3 Å². The van der Waals surface area contributed by atoms with Gasteiger partial charge < -0.3 is 0 Å². The third-order valence-electron chi connectivity index (χ3n) is 2.85. The highest BCUT2D eigenvalue weighted by Gasteiger charge is 1.92. The summed E-state index contributed by atoms with van der Waals surface area (Å²) in [6.07, 6.45) is 14.3. The Morgan fingerprint density at radius 3 is 1.69 bits per heavy atom. The van der Waals surface area contributed by atoms with Gasteiger partial charge in [0.15, 0.2) is 0 Å². The van der Waals surface area contributed by atoms with Gasteiger partial charge in [0.25, 0.3) is 0 Å². The highest BCUT2D eigenvalue weighted by Crippen LogP contribution is 2.11. The first-order chi connectivity index (χ1) is 7.91. The normalized spacial score (nSPS) is 10.9. The van der Waals surface area contributed by atoms with Gasteiger partial charge in [0.05, 0.1) is 0 Å². The van der Waals surface area contributed by atoms with E-state index in [1.807, 2.05) is 11.9 Å². The van der Waals surface area contributed by atoms with Gasteiger partial charge in [-0.2, -0.15) is 0 Å². The molecule has 0 amide bonds. The first-order valence-electron chi connectivity index (χ1n) is 7.26. The SMILES string of the molecule is CCCCCCCCCCCCSNCC. The summed E-state index contributed by atoms with van der Waals surface area (Å²) in [5.41, 5.74) is 0. The maximum absolute atomic E-state index is 3.30. The number of hydrogen-bond acceptors (Lipinski definition) is 2. The Balaban J connectivity index is 2.83. The van der Waals surface area contributed by atoms with Crippen LogP contribution in [0.2, 0.25) is 0 Å². The zero-order valence-electron chi connectivity index (χ0n) is 11.4. The molecule has 0 fully saturated rings. The van der Waals surface area contributed by atoms with Gasteiger partial charge in [-0.1, -0.05) is 83.6 Å². The molecule has 98 valence electrons. The molecule has 0 aliphatic rings. The molecule has 0 aliphatic carbocycles. The monoisotopic (exact) mass is 245 g/mol. The van der Waals surface area contributed by atoms with E-state index < -0.39 is 0 Å². The van der Waals surface area contributed by atoms with Crippen molar-refractivity contribution in [2.45, 2.75) is 78.1 Å². The lowest BCUT2D eigenvalue weighted by Gasteiger charge is -2.02. The number of nitrogens with one attached hydrogen (secondary N) is 1. The van der Waals surface area contributed by atoms with Crippen molar-refractivity contribution in [3.63, 3.8) is 0 Å². The fraction of sp³-hybridized carbons (Fsp3) is 1.00. The Morgan fingerprint density at radius 1 is 0.688 bits per heavy atom. The molecule has 0 radical (unpaired) electrons. The molecule has 0 saturated heterocycles. The van der Waals surface area contributed by atoms with Crippen LogP contribution in [0.15, 0.2) is 0 Å². The van der Waals surface area contributed by atoms with Crippen molar-refractivity contribution >= 4 is 11.9 Å². The second-order valence-corrected chi connectivity index (χ2v) is 5.51. The van der Waals surface area contributed by atoms with E-state index in [1.54, 1.807) is 0 Å². The summed E-state index contributed by atoms with van der Waals surface area (Å²) in [4.78, 5) is 0. The third-order valence-corrected chi connectivity index (χ3v) is 3.83. The number of unbranched alkanes of at least 4 members (excludes halogenated alkanes) is 9. The molecule has 1 N–H and O–H groups in total. The first kappa shape index (κ1) is 16.3. The van der Waals surface area contributed by atoms with Gasteiger partial charge in [-0.05, 0) is 6.42 Å². The highest BCUT2D eigenvalue weighted by atomic mass is 32.2. The smallest absolute Gasteiger partial charge is 0.00786 e. The summed E-state index contributed by atoms with van der Waals surface area (Å²) in [6.45, 7) is 5.53. The van der Waals surface area contributed by atoms with Crippen molar-refractivity contribution in [1.29, 1.82) is 0 Å². The fourth-order valence-electron chi connectivity index (χ4n) is 1.84. The van der Waals surface area contributed by atoms with Crippen LogP contribution >= 0.6 is 11.9 Å². The van der Waals surface area contributed by atoms with Gasteiger partial charge in [-0.25, -0.2) is 0 Å². The summed E-state index contributed by atoms with van der Waals surface area (Å²) < 4.78 is 3.30. The lowest BCUT2D eigenvalue weighted by atomic mass is 10.1. The van der Waals surface area contributed by atoms with Crippen molar-refractivity contribution in [1.82, 2.24) is 4.72 Å². The molecular weight excluding hydrogens is 214 g/mol. The average Bonchev–Trinajstić information content (AvgIpc) is 2.31. The molecule has 0 aromatic heterocycles. The molecule has 1 nitrogen and oxygen atoms in total. The second kappa shape index (κ2) is 15.3. The zero-order chi connectivity index (χ0) is 11.9. The summed E-state index contributed by atoms with van der Waals surface area (Å²) in [5.74, 6) is 1.28. The largest absolute Gasteiger partial charge is 0.264 e. The van der Waals surface area contributed by atoms with Gasteiger partial charge in [-0.3, -0.25) is 4.72 Å². The molecule has 0 aliphatic heterocycles. The molecular formula is C14H31NS. The first-order valence-corrected chi connectivity index (χ1v) is 8.25. The van der Waals surface area contributed by atoms with Crippen molar-refractivity contribution in [3.8, 4) is 0 Å². The molecule has 0 spiro atoms. The van der Waals surface area contributed by atoms with Gasteiger partial charge in [0.2, 0.25) is 0 Å². The summed E-state index contributed by atoms with van der Waals surface area (Å²) in [7, 11) is 0. The van der Waals surface area contributed by atoms with Crippen molar-refractivity contribution in [2.75, 3.05) is 12.3 Å². The van der Waals surface area contributed by atoms with Crippen molar-refractivity contribution in [3.05, 3.63) is 0 Å². The van der Waals surface area contributed by atoms with Crippen molar-refractivity contribution in [2.24, 2.45) is 0 Å². The van der Waals surface area contributed by atoms with Crippen LogP contribution in [0.4, 0.5) is 0 Å². The molecule has 0 rings (SSSR count). The molecule has 0 unspecified atom stereocenters. The van der Waals surface area contributed by atoms with Crippen LogP contribution in [0, 0.1) is 0 Å². The highest BCUT2D eigenvalue weighted by molar-refractivity contribution is 7.97. The van der Waals surface area contributed by atoms with E-state index in [0.29, 0.717) is 0 Å². The molecule has 0 heterocycles. The van der Waals surface area contributed by atoms with Crippen LogP contribution < -0.4 is 4.72 Å². The van der Waals surface area contributed by atoms with Gasteiger partial charge >= 0.3 is 0 Å². The number of hydrogen-bond donors (Lipinski definition) is 1. The molecule has 0 bridgehead atoms. The summed E-state index contributed by atoms with van der Waals surface area (Å²) in [5, 5.41) is 0. The zero-order valence-corrected chi connectivity index (χ0v) is 12.2. The lowest BCUT2D eigenvalue weighted by Crippen LogP contribution is -2.01. The van der Waals surface area contributed by atoms with E-state index in [4.69, 9.17) is 0 Å². The maximum Gasteiger partial charge on any atom is 0.00786 e. The van der Waals surface area contributed by atoms with Crippen LogP contribution in [-0.2, 0) is 0 Å². The van der Waals surface area contributed by atoms with Crippen LogP contribution in [0.5, 0.6) is 0 Å². The Kier molecular flexibility index (Phi) is 15.6. The van der Waals surface area contributed by atoms with E-state index in [0.717, 1.165) is 6.54 Å². The van der Waals surface area contributed by atoms with E-state index in [9.17, 15) is 0 Å². The molecule has 2 heteroatoms. The van der Waals surface area contributed by atoms with Crippen molar-refractivity contribution < 1.29 is 0 Å². The standard InChI is InChI=1S/C14H31NS/c1-3-5-6-7-8-9-10-11-12-13-14-16-15-4-2/h15H,3-14H2,1-2H3. The minimum Gasteiger partial charge on any atom is -0.264 e. The Labute approximate surface area is 107 Å². The minimum absolute atomic E-state index is 1.09. The minimum atomic E-state index is 1.09. The average molecular weight is 245 g/mol.